The molecule has 0 aromatic carbocycles. The molecule has 0 amide bonds. The van der Waals surface area contributed by atoms with Gasteiger partial charge in [-0.15, -0.1) is 0 Å². The first-order chi connectivity index (χ1) is 7.18. The molecule has 2 N–H and O–H groups in total. The van der Waals surface area contributed by atoms with Crippen LogP contribution in [0.4, 0.5) is 0 Å². The topological polar surface area (TPSA) is 29.3 Å². The van der Waals surface area contributed by atoms with E-state index >= 15 is 0 Å². The minimum absolute atomic E-state index is 0.595. The van der Waals surface area contributed by atoms with Crippen LogP contribution in [0.3, 0.4) is 0 Å². The Labute approximate surface area is 94.2 Å². The molecule has 88 valence electrons. The van der Waals surface area contributed by atoms with Gasteiger partial charge in [-0.05, 0) is 44.6 Å². The standard InChI is InChI=1S/C13H26N2/c1-11(2)15-9-12(8-14)13(10-15)6-4-3-5-7-13/h11-12H,3-10,14H2,1-2H3. The Bertz CT molecular complexity index is 207. The summed E-state index contributed by atoms with van der Waals surface area (Å²) in [6.45, 7) is 8.08. The molecule has 1 saturated carbocycles. The second-order valence-corrected chi connectivity index (χ2v) is 5.88. The van der Waals surface area contributed by atoms with Gasteiger partial charge in [-0.3, -0.25) is 0 Å². The maximum absolute atomic E-state index is 5.98. The van der Waals surface area contributed by atoms with Gasteiger partial charge >= 0.3 is 0 Å². The van der Waals surface area contributed by atoms with Crippen LogP contribution >= 0.6 is 0 Å². The Morgan fingerprint density at radius 3 is 2.47 bits per heavy atom. The summed E-state index contributed by atoms with van der Waals surface area (Å²) in [5.74, 6) is 0.764. The van der Waals surface area contributed by atoms with E-state index in [4.69, 9.17) is 5.73 Å². The van der Waals surface area contributed by atoms with Crippen LogP contribution in [-0.4, -0.2) is 30.6 Å². The fourth-order valence-corrected chi connectivity index (χ4v) is 3.62. The highest BCUT2D eigenvalue weighted by molar-refractivity contribution is 4.99. The highest BCUT2D eigenvalue weighted by atomic mass is 15.2. The third kappa shape index (κ3) is 2.07. The van der Waals surface area contributed by atoms with Crippen LogP contribution in [0.2, 0.25) is 0 Å². The van der Waals surface area contributed by atoms with Gasteiger partial charge < -0.3 is 10.6 Å². The molecular formula is C13H26N2. The maximum Gasteiger partial charge on any atom is 0.00444 e. The van der Waals surface area contributed by atoms with E-state index in [-0.39, 0.29) is 0 Å². The molecule has 1 aliphatic carbocycles. The molecule has 2 heteroatoms. The molecule has 1 atom stereocenters. The van der Waals surface area contributed by atoms with Crippen molar-refractivity contribution in [3.63, 3.8) is 0 Å². The van der Waals surface area contributed by atoms with Gasteiger partial charge in [-0.1, -0.05) is 19.3 Å². The molecule has 2 rings (SSSR count). The van der Waals surface area contributed by atoms with Gasteiger partial charge in [0.15, 0.2) is 0 Å². The number of hydrogen-bond acceptors (Lipinski definition) is 2. The molecule has 1 aliphatic heterocycles. The van der Waals surface area contributed by atoms with Gasteiger partial charge in [-0.25, -0.2) is 0 Å². The third-order valence-electron chi connectivity index (χ3n) is 4.70. The summed E-state index contributed by atoms with van der Waals surface area (Å²) in [5.41, 5.74) is 6.57. The predicted molar refractivity (Wildman–Crippen MR) is 64.8 cm³/mol. The molecule has 2 aliphatic rings. The van der Waals surface area contributed by atoms with Crippen LogP contribution in [-0.2, 0) is 0 Å². The molecule has 2 fully saturated rings. The summed E-state index contributed by atoms with van der Waals surface area (Å²) in [6.07, 6.45) is 7.17. The van der Waals surface area contributed by atoms with E-state index in [0.29, 0.717) is 11.5 Å². The van der Waals surface area contributed by atoms with Crippen molar-refractivity contribution in [3.8, 4) is 0 Å². The van der Waals surface area contributed by atoms with Gasteiger partial charge in [0.1, 0.15) is 0 Å². The molecule has 0 aromatic rings. The average molecular weight is 210 g/mol. The zero-order chi connectivity index (χ0) is 10.9. The fraction of sp³-hybridized carbons (Fsp3) is 1.00. The molecule has 1 spiro atoms. The zero-order valence-electron chi connectivity index (χ0n) is 10.3. The first kappa shape index (κ1) is 11.4. The summed E-state index contributed by atoms with van der Waals surface area (Å²) in [4.78, 5) is 2.64. The molecule has 0 aromatic heterocycles. The predicted octanol–water partition coefficient (Wildman–Crippen LogP) is 2.24. The van der Waals surface area contributed by atoms with E-state index < -0.39 is 0 Å². The molecule has 1 heterocycles. The molecule has 0 radical (unpaired) electrons. The van der Waals surface area contributed by atoms with Crippen molar-refractivity contribution in [2.24, 2.45) is 17.1 Å². The van der Waals surface area contributed by atoms with E-state index in [1.807, 2.05) is 0 Å². The minimum Gasteiger partial charge on any atom is -0.330 e. The molecule has 2 nitrogen and oxygen atoms in total. The highest BCUT2D eigenvalue weighted by Gasteiger charge is 2.46. The van der Waals surface area contributed by atoms with Crippen molar-refractivity contribution in [1.82, 2.24) is 4.90 Å². The molecular weight excluding hydrogens is 184 g/mol. The molecule has 1 saturated heterocycles. The van der Waals surface area contributed by atoms with Crippen molar-refractivity contribution < 1.29 is 0 Å². The van der Waals surface area contributed by atoms with Crippen LogP contribution in [0.1, 0.15) is 46.0 Å². The maximum atomic E-state index is 5.98. The smallest absolute Gasteiger partial charge is 0.00444 e. The first-order valence-electron chi connectivity index (χ1n) is 6.62. The summed E-state index contributed by atoms with van der Waals surface area (Å²) in [5, 5.41) is 0. The van der Waals surface area contributed by atoms with E-state index in [2.05, 4.69) is 18.7 Å². The van der Waals surface area contributed by atoms with Gasteiger partial charge in [0, 0.05) is 19.1 Å². The normalized spacial score (nSPS) is 31.6. The zero-order valence-corrected chi connectivity index (χ0v) is 10.3. The Hall–Kier alpha value is -0.0800. The van der Waals surface area contributed by atoms with Crippen molar-refractivity contribution in [2.45, 2.75) is 52.0 Å². The lowest BCUT2D eigenvalue weighted by Gasteiger charge is -2.38. The Kier molecular flexibility index (Phi) is 3.36. The van der Waals surface area contributed by atoms with Gasteiger partial charge in [0.2, 0.25) is 0 Å². The van der Waals surface area contributed by atoms with Gasteiger partial charge in [0.25, 0.3) is 0 Å². The SMILES string of the molecule is CC(C)N1CC(CN)C2(CCCCC2)C1. The molecule has 1 unspecified atom stereocenters. The second-order valence-electron chi connectivity index (χ2n) is 5.88. The number of rotatable bonds is 2. The number of nitrogens with two attached hydrogens (primary N) is 1. The van der Waals surface area contributed by atoms with Crippen LogP contribution in [0.15, 0.2) is 0 Å². The number of hydrogen-bond donors (Lipinski definition) is 1. The van der Waals surface area contributed by atoms with Crippen molar-refractivity contribution in [2.75, 3.05) is 19.6 Å². The molecule has 15 heavy (non-hydrogen) atoms. The Morgan fingerprint density at radius 2 is 1.93 bits per heavy atom. The Morgan fingerprint density at radius 1 is 1.27 bits per heavy atom. The average Bonchev–Trinajstić information content (AvgIpc) is 2.58. The lowest BCUT2D eigenvalue weighted by atomic mass is 9.68. The minimum atomic E-state index is 0.595. The first-order valence-corrected chi connectivity index (χ1v) is 6.62. The summed E-state index contributed by atoms with van der Waals surface area (Å²) in [7, 11) is 0. The van der Waals surface area contributed by atoms with Crippen LogP contribution < -0.4 is 5.73 Å². The van der Waals surface area contributed by atoms with E-state index in [0.717, 1.165) is 12.5 Å². The van der Waals surface area contributed by atoms with Gasteiger partial charge in [-0.2, -0.15) is 0 Å². The quantitative estimate of drug-likeness (QED) is 0.757. The summed E-state index contributed by atoms with van der Waals surface area (Å²) in [6, 6.07) is 0.695. The summed E-state index contributed by atoms with van der Waals surface area (Å²) < 4.78 is 0. The molecule has 0 bridgehead atoms. The van der Waals surface area contributed by atoms with E-state index in [1.165, 1.54) is 45.2 Å². The van der Waals surface area contributed by atoms with Gasteiger partial charge in [0.05, 0.1) is 0 Å². The lowest BCUT2D eigenvalue weighted by Crippen LogP contribution is -2.36. The second kappa shape index (κ2) is 4.42. The van der Waals surface area contributed by atoms with Crippen molar-refractivity contribution in [3.05, 3.63) is 0 Å². The lowest BCUT2D eigenvalue weighted by molar-refractivity contribution is 0.138. The number of nitrogens with zero attached hydrogens (tertiary/aromatic N) is 1. The van der Waals surface area contributed by atoms with Crippen LogP contribution in [0, 0.1) is 11.3 Å². The van der Waals surface area contributed by atoms with Crippen molar-refractivity contribution >= 4 is 0 Å². The van der Waals surface area contributed by atoms with E-state index in [9.17, 15) is 0 Å². The summed E-state index contributed by atoms with van der Waals surface area (Å²) >= 11 is 0. The monoisotopic (exact) mass is 210 g/mol. The largest absolute Gasteiger partial charge is 0.330 e. The highest BCUT2D eigenvalue weighted by Crippen LogP contribution is 2.47. The van der Waals surface area contributed by atoms with E-state index in [1.54, 1.807) is 0 Å². The number of likely N-dealkylation sites (tertiary alicyclic amines) is 1. The van der Waals surface area contributed by atoms with Crippen molar-refractivity contribution in [1.29, 1.82) is 0 Å². The fourth-order valence-electron chi connectivity index (χ4n) is 3.62. The Balaban J connectivity index is 2.08. The van der Waals surface area contributed by atoms with Crippen LogP contribution in [0.5, 0.6) is 0 Å². The third-order valence-corrected chi connectivity index (χ3v) is 4.70. The van der Waals surface area contributed by atoms with Crippen LogP contribution in [0.25, 0.3) is 0 Å².